The van der Waals surface area contributed by atoms with Crippen molar-refractivity contribution < 1.29 is 14.7 Å². The number of carbonyl (C=O) groups excluding carboxylic acids is 1. The standard InChI is InChI=1S/C18H21N5O3S/c1-3-4-7-19-14(24)10-27-18-20-17-16(21-22-18)12-8-11(2)5-6-13(12)23(17)9-15(25)26/h5-6,8H,3-4,7,9-10H2,1-2H3,(H,19,24)(H,25,26). The Morgan fingerprint density at radius 2 is 2.11 bits per heavy atom. The molecule has 3 rings (SSSR count). The highest BCUT2D eigenvalue weighted by molar-refractivity contribution is 7.99. The lowest BCUT2D eigenvalue weighted by Gasteiger charge is -2.04. The highest BCUT2D eigenvalue weighted by Gasteiger charge is 2.17. The van der Waals surface area contributed by atoms with E-state index in [1.807, 2.05) is 25.1 Å². The fraction of sp³-hybridized carbons (Fsp3) is 0.389. The third kappa shape index (κ3) is 4.36. The lowest BCUT2D eigenvalue weighted by Crippen LogP contribution is -2.26. The number of nitrogens with one attached hydrogen (secondary N) is 1. The SMILES string of the molecule is CCCCNC(=O)CSc1nnc2c3cc(C)ccc3n(CC(=O)O)c2n1. The number of carboxylic acids is 1. The summed E-state index contributed by atoms with van der Waals surface area (Å²) in [4.78, 5) is 27.6. The van der Waals surface area contributed by atoms with Crippen LogP contribution in [-0.4, -0.2) is 49.0 Å². The van der Waals surface area contributed by atoms with Crippen LogP contribution in [0, 0.1) is 6.92 Å². The molecule has 2 heterocycles. The lowest BCUT2D eigenvalue weighted by molar-refractivity contribution is -0.137. The first-order chi connectivity index (χ1) is 13.0. The summed E-state index contributed by atoms with van der Waals surface area (Å²) >= 11 is 1.18. The van der Waals surface area contributed by atoms with E-state index in [2.05, 4.69) is 27.4 Å². The van der Waals surface area contributed by atoms with Gasteiger partial charge in [-0.1, -0.05) is 36.7 Å². The Morgan fingerprint density at radius 3 is 2.85 bits per heavy atom. The van der Waals surface area contributed by atoms with Gasteiger partial charge in [0.05, 0.1) is 11.3 Å². The number of hydrogen-bond donors (Lipinski definition) is 2. The molecule has 3 aromatic rings. The van der Waals surface area contributed by atoms with Crippen LogP contribution in [0.2, 0.25) is 0 Å². The maximum Gasteiger partial charge on any atom is 0.323 e. The van der Waals surface area contributed by atoms with Crippen LogP contribution in [0.5, 0.6) is 0 Å². The number of rotatable bonds is 8. The predicted molar refractivity (Wildman–Crippen MR) is 104 cm³/mol. The Bertz CT molecular complexity index is 1000. The number of aromatic nitrogens is 4. The molecule has 1 aromatic carbocycles. The Labute approximate surface area is 160 Å². The van der Waals surface area contributed by atoms with Gasteiger partial charge in [0, 0.05) is 11.9 Å². The Balaban J connectivity index is 1.90. The van der Waals surface area contributed by atoms with Crippen molar-refractivity contribution in [2.45, 2.75) is 38.4 Å². The van der Waals surface area contributed by atoms with Gasteiger partial charge < -0.3 is 15.0 Å². The van der Waals surface area contributed by atoms with E-state index in [0.717, 1.165) is 29.3 Å². The van der Waals surface area contributed by atoms with Crippen LogP contribution < -0.4 is 5.32 Å². The number of aliphatic carboxylic acids is 1. The number of fused-ring (bicyclic) bond motifs is 3. The summed E-state index contributed by atoms with van der Waals surface area (Å²) in [6, 6.07) is 5.73. The molecule has 0 aliphatic carbocycles. The zero-order valence-corrected chi connectivity index (χ0v) is 16.0. The molecule has 0 saturated heterocycles. The second-order valence-electron chi connectivity index (χ2n) is 6.26. The van der Waals surface area contributed by atoms with Gasteiger partial charge >= 0.3 is 5.97 Å². The van der Waals surface area contributed by atoms with Crippen molar-refractivity contribution in [2.24, 2.45) is 0 Å². The molecule has 0 aliphatic rings. The molecule has 9 heteroatoms. The van der Waals surface area contributed by atoms with Gasteiger partial charge in [0.25, 0.3) is 0 Å². The molecule has 0 unspecified atom stereocenters. The molecule has 8 nitrogen and oxygen atoms in total. The zero-order valence-electron chi connectivity index (χ0n) is 15.2. The first-order valence-electron chi connectivity index (χ1n) is 8.74. The van der Waals surface area contributed by atoms with Crippen LogP contribution in [0.1, 0.15) is 25.3 Å². The minimum atomic E-state index is -0.961. The number of unbranched alkanes of at least 4 members (excludes halogenated alkanes) is 1. The quantitative estimate of drug-likeness (QED) is 0.451. The van der Waals surface area contributed by atoms with E-state index in [1.54, 1.807) is 4.57 Å². The van der Waals surface area contributed by atoms with Crippen LogP contribution in [0.25, 0.3) is 22.1 Å². The Morgan fingerprint density at radius 1 is 1.30 bits per heavy atom. The van der Waals surface area contributed by atoms with E-state index >= 15 is 0 Å². The number of carbonyl (C=O) groups is 2. The van der Waals surface area contributed by atoms with Crippen LogP contribution in [0.15, 0.2) is 23.4 Å². The highest BCUT2D eigenvalue weighted by atomic mass is 32.2. The van der Waals surface area contributed by atoms with Crippen molar-refractivity contribution in [1.29, 1.82) is 0 Å². The topological polar surface area (TPSA) is 110 Å². The molecule has 1 amide bonds. The summed E-state index contributed by atoms with van der Waals surface area (Å²) in [5.74, 6) is -0.855. The molecule has 142 valence electrons. The monoisotopic (exact) mass is 387 g/mol. The molecule has 0 aliphatic heterocycles. The van der Waals surface area contributed by atoms with Gasteiger partial charge in [0.1, 0.15) is 12.1 Å². The van der Waals surface area contributed by atoms with Gasteiger partial charge in [-0.25, -0.2) is 4.98 Å². The Hall–Kier alpha value is -2.68. The summed E-state index contributed by atoms with van der Waals surface area (Å²) in [7, 11) is 0. The smallest absolute Gasteiger partial charge is 0.323 e. The van der Waals surface area contributed by atoms with Gasteiger partial charge in [-0.05, 0) is 25.5 Å². The minimum absolute atomic E-state index is 0.0844. The van der Waals surface area contributed by atoms with Crippen LogP contribution in [0.4, 0.5) is 0 Å². The highest BCUT2D eigenvalue weighted by Crippen LogP contribution is 2.28. The number of nitrogens with zero attached hydrogens (tertiary/aromatic N) is 4. The summed E-state index contributed by atoms with van der Waals surface area (Å²) in [5, 5.41) is 21.6. The minimum Gasteiger partial charge on any atom is -0.480 e. The fourth-order valence-electron chi connectivity index (χ4n) is 2.80. The van der Waals surface area contributed by atoms with E-state index in [4.69, 9.17) is 0 Å². The zero-order chi connectivity index (χ0) is 19.4. The summed E-state index contributed by atoms with van der Waals surface area (Å²) < 4.78 is 1.62. The molecule has 27 heavy (non-hydrogen) atoms. The van der Waals surface area contributed by atoms with Crippen LogP contribution >= 0.6 is 11.8 Å². The molecular formula is C18H21N5O3S. The lowest BCUT2D eigenvalue weighted by atomic mass is 10.2. The maximum atomic E-state index is 11.9. The molecule has 0 bridgehead atoms. The number of hydrogen-bond acceptors (Lipinski definition) is 6. The van der Waals surface area contributed by atoms with E-state index < -0.39 is 5.97 Å². The van der Waals surface area contributed by atoms with E-state index in [-0.39, 0.29) is 18.2 Å². The summed E-state index contributed by atoms with van der Waals surface area (Å²) in [6.07, 6.45) is 1.96. The Kier molecular flexibility index (Phi) is 5.90. The van der Waals surface area contributed by atoms with E-state index in [1.165, 1.54) is 11.8 Å². The van der Waals surface area contributed by atoms with Crippen molar-refractivity contribution in [1.82, 2.24) is 25.1 Å². The second kappa shape index (κ2) is 8.34. The van der Waals surface area contributed by atoms with Gasteiger partial charge in [-0.15, -0.1) is 10.2 Å². The molecular weight excluding hydrogens is 366 g/mol. The van der Waals surface area contributed by atoms with Gasteiger partial charge in [-0.3, -0.25) is 9.59 Å². The van der Waals surface area contributed by atoms with Gasteiger partial charge in [0.2, 0.25) is 11.1 Å². The molecule has 0 spiro atoms. The summed E-state index contributed by atoms with van der Waals surface area (Å²) in [5.41, 5.74) is 2.81. The van der Waals surface area contributed by atoms with E-state index in [0.29, 0.717) is 22.9 Å². The first-order valence-corrected chi connectivity index (χ1v) is 9.72. The van der Waals surface area contributed by atoms with E-state index in [9.17, 15) is 14.7 Å². The van der Waals surface area contributed by atoms with Gasteiger partial charge in [0.15, 0.2) is 5.65 Å². The largest absolute Gasteiger partial charge is 0.480 e. The van der Waals surface area contributed by atoms with Crippen molar-refractivity contribution in [3.63, 3.8) is 0 Å². The number of benzene rings is 1. The molecule has 0 atom stereocenters. The predicted octanol–water partition coefficient (Wildman–Crippen LogP) is 2.38. The number of carboxylic acid groups (broad SMARTS) is 1. The number of aryl methyl sites for hydroxylation is 1. The second-order valence-corrected chi connectivity index (χ2v) is 7.20. The fourth-order valence-corrected chi connectivity index (χ4v) is 3.41. The molecule has 0 radical (unpaired) electrons. The summed E-state index contributed by atoms with van der Waals surface area (Å²) in [6.45, 7) is 4.46. The number of thioether (sulfide) groups is 1. The normalized spacial score (nSPS) is 11.2. The van der Waals surface area contributed by atoms with Crippen molar-refractivity contribution >= 4 is 45.7 Å². The van der Waals surface area contributed by atoms with Crippen LogP contribution in [-0.2, 0) is 16.1 Å². The average Bonchev–Trinajstić information content (AvgIpc) is 2.92. The van der Waals surface area contributed by atoms with Crippen molar-refractivity contribution in [3.8, 4) is 0 Å². The maximum absolute atomic E-state index is 11.9. The first kappa shape index (κ1) is 19.1. The third-order valence-corrected chi connectivity index (χ3v) is 4.92. The van der Waals surface area contributed by atoms with Crippen molar-refractivity contribution in [3.05, 3.63) is 23.8 Å². The molecule has 2 N–H and O–H groups in total. The average molecular weight is 387 g/mol. The molecule has 2 aromatic heterocycles. The number of amides is 1. The van der Waals surface area contributed by atoms with Crippen molar-refractivity contribution in [2.75, 3.05) is 12.3 Å². The molecule has 0 saturated carbocycles. The molecule has 0 fully saturated rings. The van der Waals surface area contributed by atoms with Gasteiger partial charge in [-0.2, -0.15) is 0 Å². The third-order valence-electron chi connectivity index (χ3n) is 4.08. The van der Waals surface area contributed by atoms with Crippen LogP contribution in [0.3, 0.4) is 0 Å².